The van der Waals surface area contributed by atoms with Gasteiger partial charge in [0.05, 0.1) is 6.10 Å². The summed E-state index contributed by atoms with van der Waals surface area (Å²) in [7, 11) is 0. The minimum atomic E-state index is -0.375. The maximum absolute atomic E-state index is 10.3. The molecular formula is C15H22N2O. The third-order valence-corrected chi connectivity index (χ3v) is 4.60. The molecule has 3 nitrogen and oxygen atoms in total. The lowest BCUT2D eigenvalue weighted by Crippen LogP contribution is -2.49. The van der Waals surface area contributed by atoms with Gasteiger partial charge in [-0.15, -0.1) is 0 Å². The molecule has 1 heterocycles. The fourth-order valence-corrected chi connectivity index (χ4v) is 3.54. The number of piperidine rings is 1. The topological polar surface area (TPSA) is 49.5 Å². The Bertz CT molecular complexity index is 381. The molecule has 2 bridgehead atoms. The number of benzene rings is 1. The highest BCUT2D eigenvalue weighted by Gasteiger charge is 2.39. The van der Waals surface area contributed by atoms with Crippen LogP contribution in [0.3, 0.4) is 0 Å². The van der Waals surface area contributed by atoms with Gasteiger partial charge in [0.2, 0.25) is 0 Å². The lowest BCUT2D eigenvalue weighted by atomic mass is 9.92. The number of hydrogen-bond donors (Lipinski definition) is 2. The van der Waals surface area contributed by atoms with Crippen molar-refractivity contribution in [3.05, 3.63) is 35.9 Å². The first-order chi connectivity index (χ1) is 8.74. The molecule has 98 valence electrons. The predicted octanol–water partition coefficient (Wildman–Crippen LogP) is 1.39. The SMILES string of the molecule is NC1[C@@H]2CC[C@H]1CN(C[C@H](O)c1ccccc1)C2. The minimum Gasteiger partial charge on any atom is -0.387 e. The monoisotopic (exact) mass is 246 g/mol. The largest absolute Gasteiger partial charge is 0.387 e. The zero-order valence-electron chi connectivity index (χ0n) is 10.7. The first-order valence-corrected chi connectivity index (χ1v) is 6.95. The first kappa shape index (κ1) is 12.2. The van der Waals surface area contributed by atoms with Gasteiger partial charge in [-0.05, 0) is 30.2 Å². The van der Waals surface area contributed by atoms with Crippen molar-refractivity contribution in [3.63, 3.8) is 0 Å². The van der Waals surface area contributed by atoms with Gasteiger partial charge in [0, 0.05) is 25.7 Å². The molecule has 1 aliphatic heterocycles. The molecule has 1 saturated heterocycles. The van der Waals surface area contributed by atoms with Crippen LogP contribution in [0, 0.1) is 11.8 Å². The maximum atomic E-state index is 10.3. The van der Waals surface area contributed by atoms with Gasteiger partial charge in [0.25, 0.3) is 0 Å². The molecule has 2 aliphatic rings. The van der Waals surface area contributed by atoms with E-state index in [0.29, 0.717) is 17.9 Å². The van der Waals surface area contributed by atoms with Gasteiger partial charge in [-0.3, -0.25) is 4.90 Å². The van der Waals surface area contributed by atoms with E-state index in [1.807, 2.05) is 30.3 Å². The molecule has 4 atom stereocenters. The molecule has 3 N–H and O–H groups in total. The van der Waals surface area contributed by atoms with Crippen molar-refractivity contribution in [2.24, 2.45) is 17.6 Å². The molecule has 2 fully saturated rings. The summed E-state index contributed by atoms with van der Waals surface area (Å²) in [6.45, 7) is 2.85. The number of likely N-dealkylation sites (tertiary alicyclic amines) is 1. The van der Waals surface area contributed by atoms with Crippen LogP contribution in [0.15, 0.2) is 30.3 Å². The highest BCUT2D eigenvalue weighted by molar-refractivity contribution is 5.17. The van der Waals surface area contributed by atoms with Gasteiger partial charge < -0.3 is 10.8 Å². The Kier molecular flexibility index (Phi) is 3.37. The molecule has 1 aliphatic carbocycles. The quantitative estimate of drug-likeness (QED) is 0.847. The number of aliphatic hydroxyl groups excluding tert-OH is 1. The van der Waals surface area contributed by atoms with Crippen LogP contribution in [-0.4, -0.2) is 35.7 Å². The average Bonchev–Trinajstić information content (AvgIpc) is 2.63. The molecule has 0 radical (unpaired) electrons. The van der Waals surface area contributed by atoms with E-state index in [9.17, 15) is 5.11 Å². The lowest BCUT2D eigenvalue weighted by Gasteiger charge is -2.37. The van der Waals surface area contributed by atoms with Crippen LogP contribution in [0.1, 0.15) is 24.5 Å². The second-order valence-electron chi connectivity index (χ2n) is 5.82. The smallest absolute Gasteiger partial charge is 0.0916 e. The molecule has 1 aromatic rings. The van der Waals surface area contributed by atoms with E-state index in [1.54, 1.807) is 0 Å². The van der Waals surface area contributed by atoms with E-state index < -0.39 is 0 Å². The van der Waals surface area contributed by atoms with Gasteiger partial charge in [-0.2, -0.15) is 0 Å². The van der Waals surface area contributed by atoms with E-state index in [2.05, 4.69) is 4.90 Å². The number of rotatable bonds is 3. The minimum absolute atomic E-state index is 0.375. The van der Waals surface area contributed by atoms with Crippen LogP contribution in [-0.2, 0) is 0 Å². The van der Waals surface area contributed by atoms with Gasteiger partial charge >= 0.3 is 0 Å². The van der Waals surface area contributed by atoms with E-state index in [-0.39, 0.29) is 6.10 Å². The predicted molar refractivity (Wildman–Crippen MR) is 72.0 cm³/mol. The standard InChI is InChI=1S/C15H22N2O/c16-15-12-6-7-13(15)9-17(8-12)10-14(18)11-4-2-1-3-5-11/h1-5,12-15,18H,6-10,16H2/t12-,13+,14-,15?/m0/s1. The van der Waals surface area contributed by atoms with Crippen molar-refractivity contribution in [2.45, 2.75) is 25.0 Å². The number of fused-ring (bicyclic) bond motifs is 2. The Morgan fingerprint density at radius 1 is 1.17 bits per heavy atom. The Hall–Kier alpha value is -0.900. The number of nitrogens with two attached hydrogens (primary N) is 1. The first-order valence-electron chi connectivity index (χ1n) is 6.95. The van der Waals surface area contributed by atoms with Crippen LogP contribution in [0.25, 0.3) is 0 Å². The molecule has 3 heteroatoms. The van der Waals surface area contributed by atoms with Crippen molar-refractivity contribution in [2.75, 3.05) is 19.6 Å². The summed E-state index contributed by atoms with van der Waals surface area (Å²) < 4.78 is 0. The van der Waals surface area contributed by atoms with Crippen molar-refractivity contribution >= 4 is 0 Å². The van der Waals surface area contributed by atoms with Crippen LogP contribution in [0.5, 0.6) is 0 Å². The van der Waals surface area contributed by atoms with E-state index >= 15 is 0 Å². The molecule has 0 amide bonds. The Balaban J connectivity index is 1.61. The summed E-state index contributed by atoms with van der Waals surface area (Å²) in [6, 6.07) is 10.3. The molecule has 0 spiro atoms. The third-order valence-electron chi connectivity index (χ3n) is 4.60. The Morgan fingerprint density at radius 2 is 1.78 bits per heavy atom. The number of nitrogens with zero attached hydrogens (tertiary/aromatic N) is 1. The highest BCUT2D eigenvalue weighted by Crippen LogP contribution is 2.36. The van der Waals surface area contributed by atoms with Gasteiger partial charge in [-0.1, -0.05) is 30.3 Å². The molecular weight excluding hydrogens is 224 g/mol. The second-order valence-corrected chi connectivity index (χ2v) is 5.82. The van der Waals surface area contributed by atoms with Crippen molar-refractivity contribution in [3.8, 4) is 0 Å². The molecule has 0 aromatic heterocycles. The maximum Gasteiger partial charge on any atom is 0.0916 e. The van der Waals surface area contributed by atoms with E-state index in [1.165, 1.54) is 12.8 Å². The molecule has 18 heavy (non-hydrogen) atoms. The second kappa shape index (κ2) is 5.00. The van der Waals surface area contributed by atoms with E-state index in [0.717, 1.165) is 25.2 Å². The zero-order valence-corrected chi connectivity index (χ0v) is 10.7. The summed E-state index contributed by atoms with van der Waals surface area (Å²) in [6.07, 6.45) is 2.16. The molecule has 1 aromatic carbocycles. The zero-order chi connectivity index (χ0) is 12.5. The normalized spacial score (nSPS) is 33.6. The fourth-order valence-electron chi connectivity index (χ4n) is 3.54. The molecule has 3 rings (SSSR count). The Labute approximate surface area is 109 Å². The number of β-amino-alcohol motifs (C(OH)–C–C–N with tert-alkyl or cyclic N) is 1. The summed E-state index contributed by atoms with van der Waals surface area (Å²) in [5.41, 5.74) is 7.21. The van der Waals surface area contributed by atoms with Crippen LogP contribution in [0.2, 0.25) is 0 Å². The summed E-state index contributed by atoms with van der Waals surface area (Å²) in [4.78, 5) is 2.39. The Morgan fingerprint density at radius 3 is 2.39 bits per heavy atom. The van der Waals surface area contributed by atoms with Gasteiger partial charge in [0.15, 0.2) is 0 Å². The third kappa shape index (κ3) is 2.30. The van der Waals surface area contributed by atoms with Gasteiger partial charge in [-0.25, -0.2) is 0 Å². The van der Waals surface area contributed by atoms with Crippen LogP contribution >= 0.6 is 0 Å². The summed E-state index contributed by atoms with van der Waals surface area (Å²) in [5.74, 6) is 1.29. The fraction of sp³-hybridized carbons (Fsp3) is 0.600. The van der Waals surface area contributed by atoms with Crippen LogP contribution < -0.4 is 5.73 Å². The molecule has 1 unspecified atom stereocenters. The van der Waals surface area contributed by atoms with Crippen molar-refractivity contribution < 1.29 is 5.11 Å². The van der Waals surface area contributed by atoms with Crippen molar-refractivity contribution in [1.82, 2.24) is 4.90 Å². The lowest BCUT2D eigenvalue weighted by molar-refractivity contribution is 0.0734. The van der Waals surface area contributed by atoms with E-state index in [4.69, 9.17) is 5.73 Å². The van der Waals surface area contributed by atoms with Gasteiger partial charge in [0.1, 0.15) is 0 Å². The summed E-state index contributed by atoms with van der Waals surface area (Å²) >= 11 is 0. The number of hydrogen-bond acceptors (Lipinski definition) is 3. The highest BCUT2D eigenvalue weighted by atomic mass is 16.3. The molecule has 1 saturated carbocycles. The van der Waals surface area contributed by atoms with Crippen LogP contribution in [0.4, 0.5) is 0 Å². The average molecular weight is 246 g/mol. The van der Waals surface area contributed by atoms with Crippen molar-refractivity contribution in [1.29, 1.82) is 0 Å². The number of aliphatic hydroxyl groups is 1. The summed E-state index contributed by atoms with van der Waals surface area (Å²) in [5, 5.41) is 10.3.